The Morgan fingerprint density at radius 1 is 1.43 bits per heavy atom. The third-order valence-corrected chi connectivity index (χ3v) is 2.64. The molecule has 0 amide bonds. The minimum atomic E-state index is 0.0773. The number of ether oxygens (including phenoxy) is 1. The maximum absolute atomic E-state index is 11.6. The first-order chi connectivity index (χ1) is 6.58. The molecular formula is C12H16O2. The number of rotatable bonds is 1. The second-order valence-electron chi connectivity index (χ2n) is 4.72. The van der Waals surface area contributed by atoms with Gasteiger partial charge >= 0.3 is 0 Å². The Morgan fingerprint density at radius 2 is 2.21 bits per heavy atom. The highest BCUT2D eigenvalue weighted by atomic mass is 16.5. The highest BCUT2D eigenvalue weighted by Crippen LogP contribution is 2.33. The van der Waals surface area contributed by atoms with E-state index in [0.717, 1.165) is 24.2 Å². The summed E-state index contributed by atoms with van der Waals surface area (Å²) in [6.07, 6.45) is 6.75. The van der Waals surface area contributed by atoms with Crippen molar-refractivity contribution in [2.24, 2.45) is 5.41 Å². The second kappa shape index (κ2) is 3.26. The third kappa shape index (κ3) is 1.74. The number of carbonyl (C=O) groups excluding carboxylic acids is 1. The zero-order valence-electron chi connectivity index (χ0n) is 8.80. The molecule has 2 nitrogen and oxygen atoms in total. The van der Waals surface area contributed by atoms with Gasteiger partial charge in [0.2, 0.25) is 0 Å². The van der Waals surface area contributed by atoms with Crippen molar-refractivity contribution >= 4 is 5.78 Å². The van der Waals surface area contributed by atoms with Gasteiger partial charge in [-0.25, -0.2) is 0 Å². The quantitative estimate of drug-likeness (QED) is 0.638. The number of carbonyl (C=O) groups is 1. The SMILES string of the molecule is CC1(C)C=C(C2=CCCCC2=O)OC1. The van der Waals surface area contributed by atoms with Gasteiger partial charge in [-0.2, -0.15) is 0 Å². The molecule has 0 radical (unpaired) electrons. The van der Waals surface area contributed by atoms with E-state index in [2.05, 4.69) is 19.9 Å². The maximum Gasteiger partial charge on any atom is 0.166 e. The predicted octanol–water partition coefficient (Wildman–Crippen LogP) is 2.61. The average Bonchev–Trinajstić information content (AvgIpc) is 2.47. The van der Waals surface area contributed by atoms with E-state index in [1.807, 2.05) is 6.08 Å². The number of hydrogen-bond donors (Lipinski definition) is 0. The van der Waals surface area contributed by atoms with E-state index in [4.69, 9.17) is 4.74 Å². The Balaban J connectivity index is 2.24. The summed E-state index contributed by atoms with van der Waals surface area (Å²) < 4.78 is 5.55. The molecule has 1 aliphatic heterocycles. The summed E-state index contributed by atoms with van der Waals surface area (Å²) in [5, 5.41) is 0. The van der Waals surface area contributed by atoms with E-state index in [9.17, 15) is 4.79 Å². The van der Waals surface area contributed by atoms with Crippen LogP contribution in [0.25, 0.3) is 0 Å². The van der Waals surface area contributed by atoms with Gasteiger partial charge in [0.05, 0.1) is 12.2 Å². The topological polar surface area (TPSA) is 26.3 Å². The summed E-state index contributed by atoms with van der Waals surface area (Å²) in [7, 11) is 0. The van der Waals surface area contributed by atoms with Crippen LogP contribution in [-0.4, -0.2) is 12.4 Å². The molecule has 0 spiro atoms. The molecule has 14 heavy (non-hydrogen) atoms. The molecule has 2 aliphatic rings. The Hall–Kier alpha value is -1.05. The van der Waals surface area contributed by atoms with E-state index < -0.39 is 0 Å². The van der Waals surface area contributed by atoms with Crippen molar-refractivity contribution in [2.75, 3.05) is 6.61 Å². The summed E-state index contributed by atoms with van der Waals surface area (Å²) in [5.41, 5.74) is 0.885. The van der Waals surface area contributed by atoms with E-state index in [-0.39, 0.29) is 11.2 Å². The Morgan fingerprint density at radius 3 is 2.79 bits per heavy atom. The van der Waals surface area contributed by atoms with E-state index in [0.29, 0.717) is 13.0 Å². The van der Waals surface area contributed by atoms with Crippen LogP contribution < -0.4 is 0 Å². The number of allylic oxidation sites excluding steroid dienone is 2. The molecular weight excluding hydrogens is 176 g/mol. The molecule has 0 bridgehead atoms. The maximum atomic E-state index is 11.6. The van der Waals surface area contributed by atoms with Crippen molar-refractivity contribution in [1.82, 2.24) is 0 Å². The van der Waals surface area contributed by atoms with Gasteiger partial charge < -0.3 is 4.74 Å². The van der Waals surface area contributed by atoms with Crippen LogP contribution in [0.1, 0.15) is 33.1 Å². The molecule has 0 saturated carbocycles. The highest BCUT2D eigenvalue weighted by molar-refractivity contribution is 5.99. The van der Waals surface area contributed by atoms with Crippen LogP contribution in [0.2, 0.25) is 0 Å². The van der Waals surface area contributed by atoms with Gasteiger partial charge in [0.1, 0.15) is 5.76 Å². The third-order valence-electron chi connectivity index (χ3n) is 2.64. The van der Waals surface area contributed by atoms with Crippen molar-refractivity contribution in [1.29, 1.82) is 0 Å². The van der Waals surface area contributed by atoms with Crippen LogP contribution in [0, 0.1) is 5.41 Å². The fraction of sp³-hybridized carbons (Fsp3) is 0.583. The van der Waals surface area contributed by atoms with Crippen LogP contribution in [-0.2, 0) is 9.53 Å². The summed E-state index contributed by atoms with van der Waals surface area (Å²) in [4.78, 5) is 11.6. The summed E-state index contributed by atoms with van der Waals surface area (Å²) in [6, 6.07) is 0. The smallest absolute Gasteiger partial charge is 0.166 e. The van der Waals surface area contributed by atoms with E-state index in [1.54, 1.807) is 0 Å². The lowest BCUT2D eigenvalue weighted by molar-refractivity contribution is -0.116. The minimum absolute atomic E-state index is 0.0773. The lowest BCUT2D eigenvalue weighted by Crippen LogP contribution is -2.09. The Bertz CT molecular complexity index is 321. The van der Waals surface area contributed by atoms with E-state index >= 15 is 0 Å². The lowest BCUT2D eigenvalue weighted by Gasteiger charge is -2.12. The monoisotopic (exact) mass is 192 g/mol. The highest BCUT2D eigenvalue weighted by Gasteiger charge is 2.29. The van der Waals surface area contributed by atoms with Crippen molar-refractivity contribution in [2.45, 2.75) is 33.1 Å². The van der Waals surface area contributed by atoms with Crippen molar-refractivity contribution in [3.63, 3.8) is 0 Å². The van der Waals surface area contributed by atoms with Crippen molar-refractivity contribution in [3.05, 3.63) is 23.5 Å². The van der Waals surface area contributed by atoms with E-state index in [1.165, 1.54) is 0 Å². The molecule has 1 heterocycles. The standard InChI is InChI=1S/C12H16O2/c1-12(2)7-11(14-8-12)9-5-3-4-6-10(9)13/h5,7H,3-4,6,8H2,1-2H3. The largest absolute Gasteiger partial charge is 0.492 e. The van der Waals surface area contributed by atoms with Gasteiger partial charge in [-0.15, -0.1) is 0 Å². The van der Waals surface area contributed by atoms with Gasteiger partial charge in [-0.1, -0.05) is 19.9 Å². The number of Topliss-reactive ketones (excluding diaryl/α,β-unsaturated/α-hetero) is 1. The molecule has 0 unspecified atom stereocenters. The second-order valence-corrected chi connectivity index (χ2v) is 4.72. The first kappa shape index (κ1) is 9.50. The van der Waals surface area contributed by atoms with Crippen LogP contribution in [0.4, 0.5) is 0 Å². The lowest BCUT2D eigenvalue weighted by atomic mass is 9.92. The normalized spacial score (nSPS) is 25.4. The molecule has 1 aliphatic carbocycles. The Labute approximate surface area is 84.6 Å². The molecule has 0 aromatic carbocycles. The van der Waals surface area contributed by atoms with Crippen LogP contribution in [0.3, 0.4) is 0 Å². The van der Waals surface area contributed by atoms with Gasteiger partial charge in [0, 0.05) is 11.8 Å². The zero-order chi connectivity index (χ0) is 10.2. The molecule has 0 N–H and O–H groups in total. The summed E-state index contributed by atoms with van der Waals surface area (Å²) in [5.74, 6) is 1.04. The molecule has 0 fully saturated rings. The number of ketones is 1. The fourth-order valence-corrected chi connectivity index (χ4v) is 1.85. The molecule has 2 heteroatoms. The first-order valence-electron chi connectivity index (χ1n) is 5.18. The van der Waals surface area contributed by atoms with Gasteiger partial charge in [0.25, 0.3) is 0 Å². The predicted molar refractivity (Wildman–Crippen MR) is 54.8 cm³/mol. The molecule has 0 saturated heterocycles. The molecule has 2 rings (SSSR count). The summed E-state index contributed by atoms with van der Waals surface area (Å²) >= 11 is 0. The van der Waals surface area contributed by atoms with Gasteiger partial charge in [-0.05, 0) is 18.9 Å². The zero-order valence-corrected chi connectivity index (χ0v) is 8.80. The number of hydrogen-bond acceptors (Lipinski definition) is 2. The molecule has 76 valence electrons. The van der Waals surface area contributed by atoms with Crippen molar-refractivity contribution in [3.8, 4) is 0 Å². The molecule has 0 aromatic heterocycles. The van der Waals surface area contributed by atoms with Crippen LogP contribution in [0.15, 0.2) is 23.5 Å². The van der Waals surface area contributed by atoms with Crippen LogP contribution >= 0.6 is 0 Å². The summed E-state index contributed by atoms with van der Waals surface area (Å²) in [6.45, 7) is 4.93. The minimum Gasteiger partial charge on any atom is -0.492 e. The van der Waals surface area contributed by atoms with Gasteiger partial charge in [0.15, 0.2) is 5.78 Å². The van der Waals surface area contributed by atoms with Gasteiger partial charge in [-0.3, -0.25) is 4.79 Å². The average molecular weight is 192 g/mol. The molecule has 0 aromatic rings. The Kier molecular flexibility index (Phi) is 2.22. The van der Waals surface area contributed by atoms with Crippen LogP contribution in [0.5, 0.6) is 0 Å². The fourth-order valence-electron chi connectivity index (χ4n) is 1.85. The van der Waals surface area contributed by atoms with Crippen molar-refractivity contribution < 1.29 is 9.53 Å². The first-order valence-corrected chi connectivity index (χ1v) is 5.18. The molecule has 0 atom stereocenters.